The second-order valence-electron chi connectivity index (χ2n) is 4.85. The Labute approximate surface area is 118 Å². The normalized spacial score (nSPS) is 16.5. The van der Waals surface area contributed by atoms with E-state index in [1.807, 2.05) is 18.2 Å². The van der Waals surface area contributed by atoms with Gasteiger partial charge in [-0.25, -0.2) is 0 Å². The van der Waals surface area contributed by atoms with E-state index in [4.69, 9.17) is 17.3 Å². The molecular formula is C14H20ClN3O. The average Bonchev–Trinajstić information content (AvgIpc) is 2.46. The number of halogens is 1. The third-order valence-electron chi connectivity index (χ3n) is 3.72. The van der Waals surface area contributed by atoms with Gasteiger partial charge in [-0.1, -0.05) is 17.7 Å². The average molecular weight is 282 g/mol. The maximum atomic E-state index is 11.6. The fraction of sp³-hybridized carbons (Fsp3) is 0.500. The molecule has 1 heterocycles. The summed E-state index contributed by atoms with van der Waals surface area (Å²) in [5.74, 6) is 0.270. The molecule has 1 aromatic rings. The zero-order valence-corrected chi connectivity index (χ0v) is 11.9. The predicted molar refractivity (Wildman–Crippen MR) is 78.3 cm³/mol. The van der Waals surface area contributed by atoms with Crippen molar-refractivity contribution in [3.63, 3.8) is 0 Å². The lowest BCUT2D eigenvalue weighted by Gasteiger charge is -2.34. The van der Waals surface area contributed by atoms with Crippen molar-refractivity contribution in [3.05, 3.63) is 28.8 Å². The summed E-state index contributed by atoms with van der Waals surface area (Å²) in [6.45, 7) is 2.23. The van der Waals surface area contributed by atoms with Gasteiger partial charge in [0.15, 0.2) is 0 Å². The standard InChI is InChI=1S/C14H20ClN3O/c1-17-14(19)10-4-6-18(7-5-10)13-8-12(15)3-2-11(13)9-16/h2-3,8,10H,4-7,9,16H2,1H3,(H,17,19). The van der Waals surface area contributed by atoms with E-state index in [1.165, 1.54) is 0 Å². The SMILES string of the molecule is CNC(=O)C1CCN(c2cc(Cl)ccc2CN)CC1. The van der Waals surface area contributed by atoms with E-state index in [0.29, 0.717) is 6.54 Å². The van der Waals surface area contributed by atoms with E-state index in [1.54, 1.807) is 7.05 Å². The first-order valence-corrected chi connectivity index (χ1v) is 6.98. The van der Waals surface area contributed by atoms with Crippen LogP contribution in [0.4, 0.5) is 5.69 Å². The highest BCUT2D eigenvalue weighted by molar-refractivity contribution is 6.30. The van der Waals surface area contributed by atoms with E-state index in [-0.39, 0.29) is 11.8 Å². The first-order valence-electron chi connectivity index (χ1n) is 6.60. The van der Waals surface area contributed by atoms with Gasteiger partial charge in [0.25, 0.3) is 0 Å². The summed E-state index contributed by atoms with van der Waals surface area (Å²) in [5.41, 5.74) is 7.97. The fourth-order valence-electron chi connectivity index (χ4n) is 2.59. The summed E-state index contributed by atoms with van der Waals surface area (Å²) in [6, 6.07) is 5.80. The third-order valence-corrected chi connectivity index (χ3v) is 3.96. The lowest BCUT2D eigenvalue weighted by Crippen LogP contribution is -2.40. The molecule has 0 bridgehead atoms. The highest BCUT2D eigenvalue weighted by Crippen LogP contribution is 2.28. The number of carbonyl (C=O) groups is 1. The Morgan fingerprint density at radius 3 is 2.74 bits per heavy atom. The number of nitrogens with one attached hydrogen (secondary N) is 1. The van der Waals surface area contributed by atoms with Crippen molar-refractivity contribution in [3.8, 4) is 0 Å². The van der Waals surface area contributed by atoms with E-state index < -0.39 is 0 Å². The Balaban J connectivity index is 2.09. The van der Waals surface area contributed by atoms with Crippen LogP contribution in [0.2, 0.25) is 5.02 Å². The minimum atomic E-state index is 0.127. The lowest BCUT2D eigenvalue weighted by molar-refractivity contribution is -0.125. The van der Waals surface area contributed by atoms with Crippen LogP contribution in [-0.4, -0.2) is 26.0 Å². The molecule has 0 atom stereocenters. The number of piperidine rings is 1. The number of nitrogens with two attached hydrogens (primary N) is 1. The molecule has 0 saturated carbocycles. The van der Waals surface area contributed by atoms with Crippen molar-refractivity contribution in [1.82, 2.24) is 5.32 Å². The largest absolute Gasteiger partial charge is 0.371 e. The molecule has 1 aliphatic rings. The number of hydrogen-bond acceptors (Lipinski definition) is 3. The molecular weight excluding hydrogens is 262 g/mol. The van der Waals surface area contributed by atoms with Crippen LogP contribution in [0.15, 0.2) is 18.2 Å². The molecule has 1 amide bonds. The first-order chi connectivity index (χ1) is 9.15. The zero-order valence-electron chi connectivity index (χ0n) is 11.2. The van der Waals surface area contributed by atoms with Crippen LogP contribution in [0.1, 0.15) is 18.4 Å². The molecule has 0 aromatic heterocycles. The summed E-state index contributed by atoms with van der Waals surface area (Å²) < 4.78 is 0. The zero-order chi connectivity index (χ0) is 13.8. The Hall–Kier alpha value is -1.26. The summed E-state index contributed by atoms with van der Waals surface area (Å²) in [5, 5.41) is 3.45. The van der Waals surface area contributed by atoms with Gasteiger partial charge < -0.3 is 16.0 Å². The number of benzene rings is 1. The predicted octanol–water partition coefficient (Wildman–Crippen LogP) is 1.76. The Bertz CT molecular complexity index is 456. The fourth-order valence-corrected chi connectivity index (χ4v) is 2.76. The molecule has 1 aromatic carbocycles. The summed E-state index contributed by atoms with van der Waals surface area (Å²) in [6.07, 6.45) is 1.74. The smallest absolute Gasteiger partial charge is 0.222 e. The second-order valence-corrected chi connectivity index (χ2v) is 5.29. The number of anilines is 1. The second kappa shape index (κ2) is 6.26. The van der Waals surface area contributed by atoms with E-state index in [0.717, 1.165) is 42.2 Å². The van der Waals surface area contributed by atoms with Crippen LogP contribution >= 0.6 is 11.6 Å². The number of rotatable bonds is 3. The molecule has 0 unspecified atom stereocenters. The summed E-state index contributed by atoms with van der Waals surface area (Å²) >= 11 is 6.06. The molecule has 104 valence electrons. The minimum Gasteiger partial charge on any atom is -0.371 e. The summed E-state index contributed by atoms with van der Waals surface area (Å²) in [7, 11) is 1.69. The molecule has 4 nitrogen and oxygen atoms in total. The molecule has 3 N–H and O–H groups in total. The Kier molecular flexibility index (Phi) is 4.66. The first kappa shape index (κ1) is 14.2. The van der Waals surface area contributed by atoms with Crippen molar-refractivity contribution in [2.24, 2.45) is 11.7 Å². The van der Waals surface area contributed by atoms with Crippen LogP contribution < -0.4 is 16.0 Å². The van der Waals surface area contributed by atoms with Crippen molar-refractivity contribution >= 4 is 23.2 Å². The van der Waals surface area contributed by atoms with Crippen molar-refractivity contribution in [2.45, 2.75) is 19.4 Å². The van der Waals surface area contributed by atoms with Gasteiger partial charge in [0.1, 0.15) is 0 Å². The number of carbonyl (C=O) groups excluding carboxylic acids is 1. The van der Waals surface area contributed by atoms with Gasteiger partial charge >= 0.3 is 0 Å². The highest BCUT2D eigenvalue weighted by atomic mass is 35.5. The van der Waals surface area contributed by atoms with Gasteiger partial charge in [0.05, 0.1) is 0 Å². The molecule has 0 aliphatic carbocycles. The molecule has 1 saturated heterocycles. The molecule has 0 radical (unpaired) electrons. The maximum absolute atomic E-state index is 11.6. The maximum Gasteiger partial charge on any atom is 0.222 e. The number of hydrogen-bond donors (Lipinski definition) is 2. The van der Waals surface area contributed by atoms with Crippen LogP contribution in [-0.2, 0) is 11.3 Å². The van der Waals surface area contributed by atoms with E-state index in [2.05, 4.69) is 10.2 Å². The molecule has 19 heavy (non-hydrogen) atoms. The molecule has 2 rings (SSSR count). The highest BCUT2D eigenvalue weighted by Gasteiger charge is 2.25. The van der Waals surface area contributed by atoms with Gasteiger partial charge in [-0.3, -0.25) is 4.79 Å². The minimum absolute atomic E-state index is 0.127. The molecule has 5 heteroatoms. The van der Waals surface area contributed by atoms with E-state index >= 15 is 0 Å². The monoisotopic (exact) mass is 281 g/mol. The van der Waals surface area contributed by atoms with Gasteiger partial charge in [-0.15, -0.1) is 0 Å². The third kappa shape index (κ3) is 3.19. The molecule has 1 aliphatic heterocycles. The van der Waals surface area contributed by atoms with Crippen molar-refractivity contribution < 1.29 is 4.79 Å². The van der Waals surface area contributed by atoms with Crippen molar-refractivity contribution in [1.29, 1.82) is 0 Å². The Morgan fingerprint density at radius 2 is 2.16 bits per heavy atom. The van der Waals surface area contributed by atoms with Crippen LogP contribution in [0.3, 0.4) is 0 Å². The molecule has 0 spiro atoms. The Morgan fingerprint density at radius 1 is 1.47 bits per heavy atom. The van der Waals surface area contributed by atoms with Gasteiger partial charge in [0, 0.05) is 43.3 Å². The molecule has 1 fully saturated rings. The van der Waals surface area contributed by atoms with Crippen LogP contribution in [0.5, 0.6) is 0 Å². The van der Waals surface area contributed by atoms with Gasteiger partial charge in [-0.2, -0.15) is 0 Å². The van der Waals surface area contributed by atoms with Crippen LogP contribution in [0.25, 0.3) is 0 Å². The number of amides is 1. The van der Waals surface area contributed by atoms with E-state index in [9.17, 15) is 4.79 Å². The van der Waals surface area contributed by atoms with Crippen molar-refractivity contribution in [2.75, 3.05) is 25.0 Å². The van der Waals surface area contributed by atoms with Gasteiger partial charge in [-0.05, 0) is 30.5 Å². The van der Waals surface area contributed by atoms with Gasteiger partial charge in [0.2, 0.25) is 5.91 Å². The topological polar surface area (TPSA) is 58.4 Å². The summed E-state index contributed by atoms with van der Waals surface area (Å²) in [4.78, 5) is 13.9. The quantitative estimate of drug-likeness (QED) is 0.888. The number of nitrogens with zero attached hydrogens (tertiary/aromatic N) is 1. The lowest BCUT2D eigenvalue weighted by atomic mass is 9.95. The van der Waals surface area contributed by atoms with Crippen LogP contribution in [0, 0.1) is 5.92 Å².